The van der Waals surface area contributed by atoms with Gasteiger partial charge in [0.15, 0.2) is 0 Å². The summed E-state index contributed by atoms with van der Waals surface area (Å²) >= 11 is 1.67. The van der Waals surface area contributed by atoms with Gasteiger partial charge >= 0.3 is 5.97 Å². The maximum Gasteiger partial charge on any atom is 0.320 e. The van der Waals surface area contributed by atoms with E-state index in [1.165, 1.54) is 19.3 Å². The van der Waals surface area contributed by atoms with Gasteiger partial charge in [-0.25, -0.2) is 4.98 Å². The first-order valence-corrected chi connectivity index (χ1v) is 9.17. The van der Waals surface area contributed by atoms with E-state index in [4.69, 9.17) is 4.98 Å². The third-order valence-electron chi connectivity index (χ3n) is 5.14. The molecule has 4 nitrogen and oxygen atoms in total. The molecule has 1 aliphatic carbocycles. The molecule has 3 rings (SSSR count). The van der Waals surface area contributed by atoms with E-state index in [1.54, 1.807) is 11.3 Å². The Hall–Kier alpha value is -0.940. The zero-order chi connectivity index (χ0) is 15.9. The van der Waals surface area contributed by atoms with Crippen molar-refractivity contribution >= 4 is 17.3 Å². The van der Waals surface area contributed by atoms with Gasteiger partial charge in [0.25, 0.3) is 0 Å². The maximum absolute atomic E-state index is 11.7. The Bertz CT molecular complexity index is 549. The zero-order valence-electron chi connectivity index (χ0n) is 13.7. The monoisotopic (exact) mass is 322 g/mol. The molecule has 2 aliphatic rings. The Labute approximate surface area is 136 Å². The van der Waals surface area contributed by atoms with Gasteiger partial charge in [-0.15, -0.1) is 11.3 Å². The van der Waals surface area contributed by atoms with Crippen molar-refractivity contribution in [2.24, 2.45) is 5.92 Å². The molecule has 3 atom stereocenters. The minimum absolute atomic E-state index is 0.0549. The average Bonchev–Trinajstić information content (AvgIpc) is 3.04. The summed E-state index contributed by atoms with van der Waals surface area (Å²) < 4.78 is 0. The van der Waals surface area contributed by atoms with Crippen molar-refractivity contribution < 1.29 is 9.90 Å². The van der Waals surface area contributed by atoms with Crippen LogP contribution < -0.4 is 0 Å². The number of hydrogen-bond acceptors (Lipinski definition) is 4. The number of hydrogen-bond donors (Lipinski definition) is 1. The van der Waals surface area contributed by atoms with Gasteiger partial charge < -0.3 is 5.11 Å². The van der Waals surface area contributed by atoms with Gasteiger partial charge in [0.1, 0.15) is 11.0 Å². The van der Waals surface area contributed by atoms with Crippen LogP contribution in [0.5, 0.6) is 0 Å². The minimum Gasteiger partial charge on any atom is -0.480 e. The van der Waals surface area contributed by atoms with Crippen molar-refractivity contribution in [3.63, 3.8) is 0 Å². The summed E-state index contributed by atoms with van der Waals surface area (Å²) in [5.74, 6) is -0.0982. The van der Waals surface area contributed by atoms with Crippen molar-refractivity contribution in [1.82, 2.24) is 9.88 Å². The molecule has 1 N–H and O–H groups in total. The molecule has 1 aromatic rings. The number of carboxylic acid groups (broad SMARTS) is 1. The van der Waals surface area contributed by atoms with Crippen molar-refractivity contribution in [3.05, 3.63) is 16.1 Å². The number of thiazole rings is 1. The molecule has 2 fully saturated rings. The van der Waals surface area contributed by atoms with Gasteiger partial charge in [0.05, 0.1) is 12.2 Å². The molecule has 0 spiro atoms. The van der Waals surface area contributed by atoms with Crippen LogP contribution in [0.15, 0.2) is 5.38 Å². The number of nitrogens with zero attached hydrogens (tertiary/aromatic N) is 2. The molecule has 0 aromatic carbocycles. The Morgan fingerprint density at radius 2 is 2.14 bits per heavy atom. The first kappa shape index (κ1) is 15.9. The highest BCUT2D eigenvalue weighted by molar-refractivity contribution is 7.09. The van der Waals surface area contributed by atoms with E-state index >= 15 is 0 Å². The van der Waals surface area contributed by atoms with Gasteiger partial charge in [-0.05, 0) is 25.2 Å². The van der Waals surface area contributed by atoms with Gasteiger partial charge in [-0.3, -0.25) is 9.69 Å². The highest BCUT2D eigenvalue weighted by Gasteiger charge is 2.45. The summed E-state index contributed by atoms with van der Waals surface area (Å²) in [6.45, 7) is 7.19. The Kier molecular flexibility index (Phi) is 4.29. The predicted molar refractivity (Wildman–Crippen MR) is 88.1 cm³/mol. The third-order valence-corrected chi connectivity index (χ3v) is 5.98. The third kappa shape index (κ3) is 3.06. The van der Waals surface area contributed by atoms with Gasteiger partial charge in [0.2, 0.25) is 0 Å². The number of carbonyl (C=O) groups is 1. The second-order valence-corrected chi connectivity index (χ2v) is 8.69. The molecule has 1 aromatic heterocycles. The van der Waals surface area contributed by atoms with Crippen LogP contribution in [-0.4, -0.2) is 33.0 Å². The molecule has 1 aliphatic heterocycles. The molecule has 0 unspecified atom stereocenters. The molecule has 2 heterocycles. The molecule has 5 heteroatoms. The first-order chi connectivity index (χ1) is 10.4. The zero-order valence-corrected chi connectivity index (χ0v) is 14.5. The molecular weight excluding hydrogens is 296 g/mol. The SMILES string of the molecule is CC(C)(C)c1csc(CN2[C@@H]3CCCC[C@@H]3C[C@H]2C(=O)O)n1. The van der Waals surface area contributed by atoms with E-state index in [9.17, 15) is 9.90 Å². The normalized spacial score (nSPS) is 29.5. The van der Waals surface area contributed by atoms with E-state index in [2.05, 4.69) is 31.1 Å². The summed E-state index contributed by atoms with van der Waals surface area (Å²) in [4.78, 5) is 18.6. The second kappa shape index (κ2) is 5.93. The van der Waals surface area contributed by atoms with Crippen molar-refractivity contribution in [2.75, 3.05) is 0 Å². The van der Waals surface area contributed by atoms with Gasteiger partial charge in [-0.1, -0.05) is 33.6 Å². The lowest BCUT2D eigenvalue weighted by Gasteiger charge is -2.32. The summed E-state index contributed by atoms with van der Waals surface area (Å²) in [5, 5.41) is 12.8. The number of carboxylic acids is 1. The number of aromatic nitrogens is 1. The molecule has 0 radical (unpaired) electrons. The van der Waals surface area contributed by atoms with Crippen LogP contribution in [0.25, 0.3) is 0 Å². The summed E-state index contributed by atoms with van der Waals surface area (Å²) in [7, 11) is 0. The lowest BCUT2D eigenvalue weighted by atomic mass is 9.85. The molecule has 122 valence electrons. The number of fused-ring (bicyclic) bond motifs is 1. The van der Waals surface area contributed by atoms with Gasteiger partial charge in [0, 0.05) is 16.8 Å². The summed E-state index contributed by atoms with van der Waals surface area (Å²) in [5.41, 5.74) is 1.16. The maximum atomic E-state index is 11.7. The highest BCUT2D eigenvalue weighted by Crippen LogP contribution is 2.41. The van der Waals surface area contributed by atoms with Crippen LogP contribution >= 0.6 is 11.3 Å². The van der Waals surface area contributed by atoms with Crippen LogP contribution in [0.2, 0.25) is 0 Å². The van der Waals surface area contributed by atoms with Crippen molar-refractivity contribution in [1.29, 1.82) is 0 Å². The summed E-state index contributed by atoms with van der Waals surface area (Å²) in [6, 6.07) is 0.118. The molecular formula is C17H26N2O2S. The first-order valence-electron chi connectivity index (χ1n) is 8.29. The van der Waals surface area contributed by atoms with Crippen LogP contribution in [0.4, 0.5) is 0 Å². The number of likely N-dealkylation sites (tertiary alicyclic amines) is 1. The largest absolute Gasteiger partial charge is 0.480 e. The standard InChI is InChI=1S/C17H26N2O2S/c1-17(2,3)14-10-22-15(18-14)9-19-12-7-5-4-6-11(12)8-13(19)16(20)21/h10-13H,4-9H2,1-3H3,(H,20,21)/t11-,12-,13+/m1/s1. The predicted octanol–water partition coefficient (Wildman–Crippen LogP) is 3.66. The van der Waals surface area contributed by atoms with Crippen molar-refractivity contribution in [3.8, 4) is 0 Å². The molecule has 1 saturated heterocycles. The topological polar surface area (TPSA) is 53.4 Å². The highest BCUT2D eigenvalue weighted by atomic mass is 32.1. The van der Waals surface area contributed by atoms with E-state index in [0.717, 1.165) is 23.5 Å². The molecule has 0 amide bonds. The van der Waals surface area contributed by atoms with Crippen LogP contribution in [0.3, 0.4) is 0 Å². The van der Waals surface area contributed by atoms with Crippen LogP contribution in [0.1, 0.15) is 63.6 Å². The van der Waals surface area contributed by atoms with Crippen LogP contribution in [0, 0.1) is 5.92 Å². The molecule has 22 heavy (non-hydrogen) atoms. The Morgan fingerprint density at radius 1 is 1.41 bits per heavy atom. The van der Waals surface area contributed by atoms with Gasteiger partial charge in [-0.2, -0.15) is 0 Å². The van der Waals surface area contributed by atoms with E-state index in [0.29, 0.717) is 18.5 Å². The Morgan fingerprint density at radius 3 is 2.77 bits per heavy atom. The minimum atomic E-state index is -0.665. The van der Waals surface area contributed by atoms with E-state index in [-0.39, 0.29) is 11.5 Å². The molecule has 1 saturated carbocycles. The lowest BCUT2D eigenvalue weighted by Crippen LogP contribution is -2.41. The fourth-order valence-electron chi connectivity index (χ4n) is 3.91. The quantitative estimate of drug-likeness (QED) is 0.923. The smallest absolute Gasteiger partial charge is 0.320 e. The summed E-state index contributed by atoms with van der Waals surface area (Å²) in [6.07, 6.45) is 5.64. The average molecular weight is 322 g/mol. The van der Waals surface area contributed by atoms with Crippen molar-refractivity contribution in [2.45, 2.75) is 76.9 Å². The van der Waals surface area contributed by atoms with E-state index in [1.807, 2.05) is 0 Å². The number of aliphatic carboxylic acids is 1. The fraction of sp³-hybridized carbons (Fsp3) is 0.765. The van der Waals surface area contributed by atoms with E-state index < -0.39 is 5.97 Å². The second-order valence-electron chi connectivity index (χ2n) is 7.75. The lowest BCUT2D eigenvalue weighted by molar-refractivity contribution is -0.142. The fourth-order valence-corrected chi connectivity index (χ4v) is 4.94. The number of rotatable bonds is 3. The van der Waals surface area contributed by atoms with Crippen LogP contribution in [-0.2, 0) is 16.8 Å². The Balaban J connectivity index is 1.79. The molecule has 0 bridgehead atoms.